The van der Waals surface area contributed by atoms with Crippen molar-refractivity contribution in [1.29, 1.82) is 0 Å². The maximum absolute atomic E-state index is 13.8. The maximum atomic E-state index is 13.8. The van der Waals surface area contributed by atoms with Crippen molar-refractivity contribution in [3.05, 3.63) is 28.0 Å². The molecule has 3 nitrogen and oxygen atoms in total. The van der Waals surface area contributed by atoms with Gasteiger partial charge in [-0.25, -0.2) is 9.18 Å². The zero-order valence-electron chi connectivity index (χ0n) is 8.68. The van der Waals surface area contributed by atoms with E-state index >= 15 is 0 Å². The van der Waals surface area contributed by atoms with Gasteiger partial charge >= 0.3 is 5.97 Å². The molecule has 0 saturated heterocycles. The minimum atomic E-state index is -1.14. The van der Waals surface area contributed by atoms with E-state index in [1.165, 1.54) is 12.1 Å². The van der Waals surface area contributed by atoms with Gasteiger partial charge in [-0.15, -0.1) is 0 Å². The fourth-order valence-corrected chi connectivity index (χ4v) is 1.96. The molecule has 1 saturated carbocycles. The summed E-state index contributed by atoms with van der Waals surface area (Å²) in [6.45, 7) is 2.01. The van der Waals surface area contributed by atoms with Crippen molar-refractivity contribution in [3.63, 3.8) is 0 Å². The van der Waals surface area contributed by atoms with E-state index in [2.05, 4.69) is 21.2 Å². The lowest BCUT2D eigenvalue weighted by Crippen LogP contribution is -2.17. The first-order valence-corrected chi connectivity index (χ1v) is 5.72. The fraction of sp³-hybridized carbons (Fsp3) is 0.364. The average Bonchev–Trinajstić information content (AvgIpc) is 2.91. The molecular weight excluding hydrogens is 277 g/mol. The zero-order valence-corrected chi connectivity index (χ0v) is 10.3. The Morgan fingerprint density at radius 1 is 1.56 bits per heavy atom. The number of carbonyl (C=O) groups is 1. The molecule has 0 amide bonds. The third-order valence-corrected chi connectivity index (χ3v) is 3.52. The van der Waals surface area contributed by atoms with E-state index < -0.39 is 11.8 Å². The Hall–Kier alpha value is -1.10. The number of carboxylic acids is 1. The maximum Gasteiger partial charge on any atom is 0.336 e. The van der Waals surface area contributed by atoms with E-state index in [9.17, 15) is 9.18 Å². The molecule has 2 N–H and O–H groups in total. The summed E-state index contributed by atoms with van der Waals surface area (Å²) in [5.41, 5.74) is 0.242. The summed E-state index contributed by atoms with van der Waals surface area (Å²) in [6.07, 6.45) is 2.01. The van der Waals surface area contributed by atoms with Crippen molar-refractivity contribution in [1.82, 2.24) is 0 Å². The lowest BCUT2D eigenvalue weighted by molar-refractivity contribution is 0.0695. The van der Waals surface area contributed by atoms with Crippen LogP contribution in [0.4, 0.5) is 10.1 Å². The normalized spacial score (nSPS) is 16.9. The topological polar surface area (TPSA) is 49.3 Å². The lowest BCUT2D eigenvalue weighted by Gasteiger charge is -2.15. The third kappa shape index (κ3) is 2.04. The van der Waals surface area contributed by atoms with Crippen LogP contribution in [0.25, 0.3) is 0 Å². The zero-order chi connectivity index (χ0) is 11.9. The van der Waals surface area contributed by atoms with Crippen LogP contribution in [-0.2, 0) is 0 Å². The second kappa shape index (κ2) is 3.73. The molecule has 16 heavy (non-hydrogen) atoms. The van der Waals surface area contributed by atoms with Gasteiger partial charge in [0.05, 0.1) is 15.7 Å². The van der Waals surface area contributed by atoms with Crippen LogP contribution in [0.3, 0.4) is 0 Å². The second-order valence-corrected chi connectivity index (χ2v) is 5.07. The molecule has 0 heterocycles. The van der Waals surface area contributed by atoms with Gasteiger partial charge in [0, 0.05) is 5.54 Å². The fourth-order valence-electron chi connectivity index (χ4n) is 1.45. The molecule has 0 atom stereocenters. The summed E-state index contributed by atoms with van der Waals surface area (Å²) in [5.74, 6) is -1.69. The smallest absolute Gasteiger partial charge is 0.336 e. The van der Waals surface area contributed by atoms with Gasteiger partial charge in [-0.2, -0.15) is 0 Å². The first-order chi connectivity index (χ1) is 7.43. The van der Waals surface area contributed by atoms with E-state index in [-0.39, 0.29) is 15.6 Å². The minimum Gasteiger partial charge on any atom is -0.478 e. The van der Waals surface area contributed by atoms with Crippen LogP contribution in [0.2, 0.25) is 0 Å². The van der Waals surface area contributed by atoms with Gasteiger partial charge in [0.15, 0.2) is 5.82 Å². The molecule has 0 spiro atoms. The molecule has 1 aliphatic rings. The molecule has 86 valence electrons. The SMILES string of the molecule is CC1(Nc2ccc(C(=O)O)c(Br)c2F)CC1. The molecule has 0 radical (unpaired) electrons. The number of hydrogen-bond acceptors (Lipinski definition) is 2. The predicted molar refractivity (Wildman–Crippen MR) is 62.3 cm³/mol. The molecule has 1 aromatic rings. The van der Waals surface area contributed by atoms with Crippen molar-refractivity contribution in [3.8, 4) is 0 Å². The predicted octanol–water partition coefficient (Wildman–Crippen LogP) is 3.25. The number of hydrogen-bond donors (Lipinski definition) is 2. The average molecular weight is 288 g/mol. The molecule has 0 bridgehead atoms. The van der Waals surface area contributed by atoms with Crippen LogP contribution in [-0.4, -0.2) is 16.6 Å². The summed E-state index contributed by atoms with van der Waals surface area (Å²) in [5, 5.41) is 11.9. The Kier molecular flexibility index (Phi) is 2.66. The molecule has 0 unspecified atom stereocenters. The van der Waals surface area contributed by atoms with Crippen molar-refractivity contribution in [2.24, 2.45) is 0 Å². The molecule has 1 aliphatic carbocycles. The van der Waals surface area contributed by atoms with E-state index in [1.807, 2.05) is 6.92 Å². The lowest BCUT2D eigenvalue weighted by atomic mass is 10.2. The minimum absolute atomic E-state index is 0.00532. The van der Waals surface area contributed by atoms with Crippen molar-refractivity contribution < 1.29 is 14.3 Å². The van der Waals surface area contributed by atoms with Crippen molar-refractivity contribution in [2.75, 3.05) is 5.32 Å². The van der Waals surface area contributed by atoms with Crippen LogP contribution in [0.5, 0.6) is 0 Å². The molecule has 1 fully saturated rings. The summed E-state index contributed by atoms with van der Waals surface area (Å²) in [7, 11) is 0. The van der Waals surface area contributed by atoms with Crippen molar-refractivity contribution in [2.45, 2.75) is 25.3 Å². The molecule has 0 aromatic heterocycles. The van der Waals surface area contributed by atoms with Crippen LogP contribution in [0, 0.1) is 5.82 Å². The van der Waals surface area contributed by atoms with Gasteiger partial charge in [-0.3, -0.25) is 0 Å². The summed E-state index contributed by atoms with van der Waals surface area (Å²) < 4.78 is 13.8. The number of aromatic carboxylic acids is 1. The van der Waals surface area contributed by atoms with Crippen LogP contribution in [0.15, 0.2) is 16.6 Å². The number of benzene rings is 1. The summed E-state index contributed by atoms with van der Waals surface area (Å²) in [6, 6.07) is 2.86. The highest BCUT2D eigenvalue weighted by Gasteiger charge is 2.37. The van der Waals surface area contributed by atoms with Gasteiger partial charge in [-0.05, 0) is 47.8 Å². The summed E-state index contributed by atoms with van der Waals surface area (Å²) >= 11 is 2.96. The second-order valence-electron chi connectivity index (χ2n) is 4.28. The molecular formula is C11H11BrFNO2. The van der Waals surface area contributed by atoms with Crippen molar-refractivity contribution >= 4 is 27.6 Å². The molecule has 0 aliphatic heterocycles. The van der Waals surface area contributed by atoms with Gasteiger partial charge in [0.2, 0.25) is 0 Å². The van der Waals surface area contributed by atoms with Gasteiger partial charge in [0.25, 0.3) is 0 Å². The van der Waals surface area contributed by atoms with Gasteiger partial charge < -0.3 is 10.4 Å². The number of halogens is 2. The Morgan fingerprint density at radius 3 is 2.69 bits per heavy atom. The van der Waals surface area contributed by atoms with Gasteiger partial charge in [-0.1, -0.05) is 0 Å². The summed E-state index contributed by atoms with van der Waals surface area (Å²) in [4.78, 5) is 10.8. The third-order valence-electron chi connectivity index (χ3n) is 2.75. The van der Waals surface area contributed by atoms with E-state index in [1.54, 1.807) is 0 Å². The van der Waals surface area contributed by atoms with Crippen LogP contribution >= 0.6 is 15.9 Å². The monoisotopic (exact) mass is 287 g/mol. The first-order valence-electron chi connectivity index (χ1n) is 4.92. The Morgan fingerprint density at radius 2 is 2.19 bits per heavy atom. The number of carboxylic acid groups (broad SMARTS) is 1. The van der Waals surface area contributed by atoms with E-state index in [0.717, 1.165) is 12.8 Å². The molecule has 2 rings (SSSR count). The largest absolute Gasteiger partial charge is 0.478 e. The quantitative estimate of drug-likeness (QED) is 0.897. The van der Waals surface area contributed by atoms with E-state index in [0.29, 0.717) is 5.69 Å². The standard InChI is InChI=1S/C11H11BrFNO2/c1-11(4-5-11)14-7-3-2-6(10(15)16)8(12)9(7)13/h2-3,14H,4-5H2,1H3,(H,15,16). The number of nitrogens with one attached hydrogen (secondary N) is 1. The highest BCUT2D eigenvalue weighted by atomic mass is 79.9. The Labute approximate surface area is 101 Å². The van der Waals surface area contributed by atoms with Crippen LogP contribution in [0.1, 0.15) is 30.1 Å². The van der Waals surface area contributed by atoms with E-state index in [4.69, 9.17) is 5.11 Å². The Balaban J connectivity index is 2.34. The molecule has 1 aromatic carbocycles. The van der Waals surface area contributed by atoms with Gasteiger partial charge in [0.1, 0.15) is 0 Å². The van der Waals surface area contributed by atoms with Crippen LogP contribution < -0.4 is 5.32 Å². The highest BCUT2D eigenvalue weighted by molar-refractivity contribution is 9.10. The first kappa shape index (κ1) is 11.4. The number of rotatable bonds is 3. The Bertz CT molecular complexity index is 458. The molecule has 5 heteroatoms. The number of anilines is 1. The highest BCUT2D eigenvalue weighted by Crippen LogP contribution is 2.39.